The molecule has 6 heteroatoms. The molecular weight excluding hydrogens is 291 g/mol. The molecule has 0 aliphatic heterocycles. The minimum Gasteiger partial charge on any atom is -0.295 e. The third-order valence-electron chi connectivity index (χ3n) is 2.96. The molecule has 0 radical (unpaired) electrons. The van der Waals surface area contributed by atoms with E-state index in [1.807, 2.05) is 0 Å². The van der Waals surface area contributed by atoms with Crippen LogP contribution < -0.4 is 0 Å². The Bertz CT molecular complexity index is 704. The summed E-state index contributed by atoms with van der Waals surface area (Å²) in [5.41, 5.74) is -1.66. The zero-order chi connectivity index (χ0) is 15.8. The summed E-state index contributed by atoms with van der Waals surface area (Å²) in [6.45, 7) is 1.25. The summed E-state index contributed by atoms with van der Waals surface area (Å²) in [6, 6.07) is 5.55. The van der Waals surface area contributed by atoms with Crippen LogP contribution in [-0.2, 0) is 6.18 Å². The number of halogens is 5. The average molecular weight is 300 g/mol. The number of carbonyl (C=O) groups is 1. The molecular formula is C15H9F5O. The van der Waals surface area contributed by atoms with Gasteiger partial charge in [0.1, 0.15) is 11.6 Å². The van der Waals surface area contributed by atoms with Crippen molar-refractivity contribution >= 4 is 5.78 Å². The Kier molecular flexibility index (Phi) is 3.80. The van der Waals surface area contributed by atoms with Crippen molar-refractivity contribution in [3.05, 3.63) is 59.2 Å². The molecule has 0 saturated heterocycles. The molecule has 0 fully saturated rings. The lowest BCUT2D eigenvalue weighted by molar-refractivity contribution is -0.139. The van der Waals surface area contributed by atoms with Crippen molar-refractivity contribution in [1.29, 1.82) is 0 Å². The van der Waals surface area contributed by atoms with Gasteiger partial charge >= 0.3 is 6.18 Å². The molecule has 1 nitrogen and oxygen atoms in total. The summed E-state index contributed by atoms with van der Waals surface area (Å²) in [5.74, 6) is -2.58. The molecule has 0 N–H and O–H groups in total. The minimum absolute atomic E-state index is 0.149. The van der Waals surface area contributed by atoms with Crippen molar-refractivity contribution in [2.24, 2.45) is 0 Å². The fourth-order valence-corrected chi connectivity index (χ4v) is 1.88. The molecule has 0 aromatic heterocycles. The van der Waals surface area contributed by atoms with Gasteiger partial charge in [-0.2, -0.15) is 13.2 Å². The van der Waals surface area contributed by atoms with Gasteiger partial charge in [-0.3, -0.25) is 4.79 Å². The molecule has 0 saturated carbocycles. The lowest BCUT2D eigenvalue weighted by Gasteiger charge is -2.11. The highest BCUT2D eigenvalue weighted by atomic mass is 19.4. The van der Waals surface area contributed by atoms with Gasteiger partial charge in [0.25, 0.3) is 0 Å². The van der Waals surface area contributed by atoms with Gasteiger partial charge in [-0.1, -0.05) is 6.07 Å². The summed E-state index contributed by atoms with van der Waals surface area (Å²) in [4.78, 5) is 11.3. The molecule has 0 amide bonds. The lowest BCUT2D eigenvalue weighted by Crippen LogP contribution is -2.08. The second-order valence-corrected chi connectivity index (χ2v) is 4.44. The van der Waals surface area contributed by atoms with Crippen molar-refractivity contribution in [2.45, 2.75) is 13.1 Å². The quantitative estimate of drug-likeness (QED) is 0.572. The molecule has 0 spiro atoms. The van der Waals surface area contributed by atoms with Crippen LogP contribution in [0.25, 0.3) is 11.1 Å². The van der Waals surface area contributed by atoms with Gasteiger partial charge in [0.2, 0.25) is 0 Å². The summed E-state index contributed by atoms with van der Waals surface area (Å²) >= 11 is 0. The van der Waals surface area contributed by atoms with Crippen molar-refractivity contribution < 1.29 is 26.7 Å². The second kappa shape index (κ2) is 5.27. The SMILES string of the molecule is CC(=O)c1ccc(F)c(-c2ccc(F)c(C(F)(F)F)c2)c1. The van der Waals surface area contributed by atoms with E-state index < -0.39 is 23.4 Å². The largest absolute Gasteiger partial charge is 0.419 e. The number of ketones is 1. The Hall–Kier alpha value is -2.24. The number of rotatable bonds is 2. The van der Waals surface area contributed by atoms with E-state index in [1.54, 1.807) is 0 Å². The first-order valence-corrected chi connectivity index (χ1v) is 5.88. The molecule has 2 aromatic rings. The predicted molar refractivity (Wildman–Crippen MR) is 66.8 cm³/mol. The van der Waals surface area contributed by atoms with E-state index in [1.165, 1.54) is 13.0 Å². The fourth-order valence-electron chi connectivity index (χ4n) is 1.88. The first-order valence-electron chi connectivity index (χ1n) is 5.88. The van der Waals surface area contributed by atoms with Gasteiger partial charge in [0, 0.05) is 11.1 Å². The van der Waals surface area contributed by atoms with Crippen LogP contribution in [0.3, 0.4) is 0 Å². The smallest absolute Gasteiger partial charge is 0.295 e. The van der Waals surface area contributed by atoms with E-state index in [-0.39, 0.29) is 22.5 Å². The summed E-state index contributed by atoms with van der Waals surface area (Å²) in [6.07, 6.45) is -4.88. The van der Waals surface area contributed by atoms with Gasteiger partial charge in [-0.05, 0) is 42.8 Å². The molecule has 0 unspecified atom stereocenters. The standard InChI is InChI=1S/C15H9F5O/c1-8(21)9-2-4-13(16)11(6-9)10-3-5-14(17)12(7-10)15(18,19)20/h2-7H,1H3. The predicted octanol–water partition coefficient (Wildman–Crippen LogP) is 4.85. The van der Waals surface area contributed by atoms with Crippen LogP contribution in [-0.4, -0.2) is 5.78 Å². The maximum absolute atomic E-state index is 13.8. The van der Waals surface area contributed by atoms with Crippen LogP contribution >= 0.6 is 0 Å². The molecule has 0 aliphatic rings. The van der Waals surface area contributed by atoms with E-state index in [4.69, 9.17) is 0 Å². The Balaban J connectivity index is 2.62. The van der Waals surface area contributed by atoms with Crippen molar-refractivity contribution in [3.8, 4) is 11.1 Å². The molecule has 0 heterocycles. The van der Waals surface area contributed by atoms with Crippen LogP contribution in [0.2, 0.25) is 0 Å². The Morgan fingerprint density at radius 1 is 0.952 bits per heavy atom. The van der Waals surface area contributed by atoms with E-state index in [2.05, 4.69) is 0 Å². The average Bonchev–Trinajstić information content (AvgIpc) is 2.38. The van der Waals surface area contributed by atoms with Gasteiger partial charge in [0.15, 0.2) is 5.78 Å². The summed E-state index contributed by atoms with van der Waals surface area (Å²) in [5, 5.41) is 0. The molecule has 2 aromatic carbocycles. The third kappa shape index (κ3) is 3.09. The molecule has 0 bridgehead atoms. The van der Waals surface area contributed by atoms with Gasteiger partial charge in [-0.15, -0.1) is 0 Å². The van der Waals surface area contributed by atoms with Gasteiger partial charge < -0.3 is 0 Å². The van der Waals surface area contributed by atoms with E-state index in [0.717, 1.165) is 18.2 Å². The number of benzene rings is 2. The van der Waals surface area contributed by atoms with Crippen LogP contribution in [0.5, 0.6) is 0 Å². The Labute approximate surface area is 117 Å². The number of carbonyl (C=O) groups excluding carboxylic acids is 1. The maximum atomic E-state index is 13.8. The highest BCUT2D eigenvalue weighted by Gasteiger charge is 2.34. The van der Waals surface area contributed by atoms with E-state index in [0.29, 0.717) is 12.1 Å². The Morgan fingerprint density at radius 3 is 2.14 bits per heavy atom. The highest BCUT2D eigenvalue weighted by Crippen LogP contribution is 2.35. The van der Waals surface area contributed by atoms with Gasteiger partial charge in [-0.25, -0.2) is 8.78 Å². The second-order valence-electron chi connectivity index (χ2n) is 4.44. The third-order valence-corrected chi connectivity index (χ3v) is 2.96. The normalized spacial score (nSPS) is 11.5. The highest BCUT2D eigenvalue weighted by molar-refractivity contribution is 5.95. The molecule has 0 atom stereocenters. The monoisotopic (exact) mass is 300 g/mol. The summed E-state index contributed by atoms with van der Waals surface area (Å²) < 4.78 is 65.0. The van der Waals surface area contributed by atoms with Crippen molar-refractivity contribution in [3.63, 3.8) is 0 Å². The topological polar surface area (TPSA) is 17.1 Å². The Morgan fingerprint density at radius 2 is 1.57 bits per heavy atom. The van der Waals surface area contributed by atoms with Crippen LogP contribution in [0, 0.1) is 11.6 Å². The number of hydrogen-bond donors (Lipinski definition) is 0. The van der Waals surface area contributed by atoms with Crippen molar-refractivity contribution in [2.75, 3.05) is 0 Å². The number of hydrogen-bond acceptors (Lipinski definition) is 1. The number of alkyl halides is 3. The zero-order valence-electron chi connectivity index (χ0n) is 10.8. The first kappa shape index (κ1) is 15.2. The lowest BCUT2D eigenvalue weighted by atomic mass is 9.99. The molecule has 2 rings (SSSR count). The first-order chi connectivity index (χ1) is 9.70. The minimum atomic E-state index is -4.88. The molecule has 110 valence electrons. The van der Waals surface area contributed by atoms with Crippen LogP contribution in [0.1, 0.15) is 22.8 Å². The van der Waals surface area contributed by atoms with Crippen LogP contribution in [0.15, 0.2) is 36.4 Å². The molecule has 21 heavy (non-hydrogen) atoms. The number of Topliss-reactive ketones (excluding diaryl/α,β-unsaturated/α-hetero) is 1. The zero-order valence-corrected chi connectivity index (χ0v) is 10.8. The van der Waals surface area contributed by atoms with E-state index in [9.17, 15) is 26.7 Å². The fraction of sp³-hybridized carbons (Fsp3) is 0.133. The molecule has 0 aliphatic carbocycles. The summed E-state index contributed by atoms with van der Waals surface area (Å²) in [7, 11) is 0. The van der Waals surface area contributed by atoms with Crippen molar-refractivity contribution in [1.82, 2.24) is 0 Å². The van der Waals surface area contributed by atoms with Gasteiger partial charge in [0.05, 0.1) is 5.56 Å². The maximum Gasteiger partial charge on any atom is 0.419 e. The van der Waals surface area contributed by atoms with Crippen LogP contribution in [0.4, 0.5) is 22.0 Å². The van der Waals surface area contributed by atoms with E-state index >= 15 is 0 Å².